The molecule has 3 rings (SSSR count). The van der Waals surface area contributed by atoms with Crippen molar-refractivity contribution in [3.05, 3.63) is 58.1 Å². The lowest BCUT2D eigenvalue weighted by Crippen LogP contribution is -2.42. The third-order valence-corrected chi connectivity index (χ3v) is 6.82. The van der Waals surface area contributed by atoms with Crippen LogP contribution in [0.15, 0.2) is 47.4 Å². The van der Waals surface area contributed by atoms with E-state index in [4.69, 9.17) is 27.9 Å². The maximum absolute atomic E-state index is 12.3. The number of nitrogens with one attached hydrogen (secondary N) is 1. The molecule has 0 radical (unpaired) electrons. The Hall–Kier alpha value is -1.51. The third-order valence-electron chi connectivity index (χ3n) is 4.97. The molecule has 0 saturated carbocycles. The highest BCUT2D eigenvalue weighted by molar-refractivity contribution is 7.90. The Balaban J connectivity index is 0.00000341. The number of sulfone groups is 1. The lowest BCUT2D eigenvalue weighted by atomic mass is 10.1. The molecule has 31 heavy (non-hydrogen) atoms. The molecule has 6 nitrogen and oxygen atoms in total. The SMILES string of the molecule is CS(=O)(=O)c1cccc(C(=O)NCCN2CCC(Oc3ccc(Cl)c(Cl)c3)CC2)c1.Cl. The van der Waals surface area contributed by atoms with Crippen molar-refractivity contribution >= 4 is 51.4 Å². The smallest absolute Gasteiger partial charge is 0.251 e. The summed E-state index contributed by atoms with van der Waals surface area (Å²) in [6, 6.07) is 11.3. The van der Waals surface area contributed by atoms with Crippen LogP contribution < -0.4 is 10.1 Å². The fourth-order valence-corrected chi connectivity index (χ4v) is 4.25. The van der Waals surface area contributed by atoms with Crippen LogP contribution >= 0.6 is 35.6 Å². The molecule has 1 fully saturated rings. The van der Waals surface area contributed by atoms with Crippen LogP contribution in [0.25, 0.3) is 0 Å². The van der Waals surface area contributed by atoms with Crippen LogP contribution in [0.5, 0.6) is 5.75 Å². The van der Waals surface area contributed by atoms with Gasteiger partial charge in [0.2, 0.25) is 0 Å². The predicted molar refractivity (Wildman–Crippen MR) is 126 cm³/mol. The number of rotatable bonds is 7. The maximum Gasteiger partial charge on any atom is 0.251 e. The molecule has 2 aromatic rings. The number of ether oxygens (including phenoxy) is 1. The largest absolute Gasteiger partial charge is 0.490 e. The van der Waals surface area contributed by atoms with Crippen LogP contribution in [-0.4, -0.2) is 57.8 Å². The first-order valence-electron chi connectivity index (χ1n) is 9.65. The van der Waals surface area contributed by atoms with Crippen LogP contribution in [0.1, 0.15) is 23.2 Å². The number of halogens is 3. The van der Waals surface area contributed by atoms with E-state index in [1.54, 1.807) is 24.3 Å². The van der Waals surface area contributed by atoms with Gasteiger partial charge in [0.15, 0.2) is 9.84 Å². The van der Waals surface area contributed by atoms with Gasteiger partial charge in [0.25, 0.3) is 5.91 Å². The quantitative estimate of drug-likeness (QED) is 0.611. The molecule has 0 aromatic heterocycles. The summed E-state index contributed by atoms with van der Waals surface area (Å²) < 4.78 is 29.3. The van der Waals surface area contributed by atoms with Crippen molar-refractivity contribution in [1.82, 2.24) is 10.2 Å². The summed E-state index contributed by atoms with van der Waals surface area (Å²) in [6.45, 7) is 2.94. The van der Waals surface area contributed by atoms with E-state index < -0.39 is 9.84 Å². The number of piperidine rings is 1. The minimum absolute atomic E-state index is 0. The van der Waals surface area contributed by atoms with Gasteiger partial charge in [0.05, 0.1) is 14.9 Å². The number of nitrogens with zero attached hydrogens (tertiary/aromatic N) is 1. The van der Waals surface area contributed by atoms with Gasteiger partial charge in [-0.25, -0.2) is 8.42 Å². The summed E-state index contributed by atoms with van der Waals surface area (Å²) in [5.41, 5.74) is 0.339. The van der Waals surface area contributed by atoms with Crippen molar-refractivity contribution in [2.45, 2.75) is 23.8 Å². The maximum atomic E-state index is 12.3. The Morgan fingerprint density at radius 1 is 1.13 bits per heavy atom. The van der Waals surface area contributed by atoms with Crippen molar-refractivity contribution in [2.75, 3.05) is 32.4 Å². The summed E-state index contributed by atoms with van der Waals surface area (Å²) in [5, 5.41) is 3.83. The molecule has 2 aromatic carbocycles. The number of hydrogen-bond donors (Lipinski definition) is 1. The summed E-state index contributed by atoms with van der Waals surface area (Å²) in [7, 11) is -3.34. The van der Waals surface area contributed by atoms with Crippen LogP contribution in [0.3, 0.4) is 0 Å². The van der Waals surface area contributed by atoms with E-state index in [0.717, 1.165) is 38.7 Å². The van der Waals surface area contributed by atoms with Crippen molar-refractivity contribution in [1.29, 1.82) is 0 Å². The Morgan fingerprint density at radius 2 is 1.84 bits per heavy atom. The zero-order chi connectivity index (χ0) is 21.7. The van der Waals surface area contributed by atoms with Gasteiger partial charge in [-0.3, -0.25) is 4.79 Å². The highest BCUT2D eigenvalue weighted by Crippen LogP contribution is 2.28. The normalized spacial score (nSPS) is 15.2. The number of amides is 1. The van der Waals surface area contributed by atoms with E-state index in [1.807, 2.05) is 6.07 Å². The second kappa shape index (κ2) is 11.4. The van der Waals surface area contributed by atoms with Crippen molar-refractivity contribution in [3.8, 4) is 5.75 Å². The first-order chi connectivity index (χ1) is 14.2. The molecule has 0 unspecified atom stereocenters. The Bertz CT molecular complexity index is 1010. The van der Waals surface area contributed by atoms with E-state index in [0.29, 0.717) is 27.9 Å². The molecule has 1 aliphatic rings. The molecule has 170 valence electrons. The molecule has 1 amide bonds. The minimum atomic E-state index is -3.34. The number of carbonyl (C=O) groups excluding carboxylic acids is 1. The summed E-state index contributed by atoms with van der Waals surface area (Å²) in [6.07, 6.45) is 3.00. The predicted octanol–water partition coefficient (Wildman–Crippen LogP) is 4.09. The standard InChI is InChI=1S/C21H24Cl2N2O4S.ClH/c1-30(27,28)18-4-2-3-15(13-18)21(26)24-9-12-25-10-7-16(8-11-25)29-17-5-6-19(22)20(23)14-17;/h2-6,13-14,16H,7-12H2,1H3,(H,24,26);1H. The average molecular weight is 508 g/mol. The van der Waals surface area contributed by atoms with Crippen LogP contribution in [0.4, 0.5) is 0 Å². The van der Waals surface area contributed by atoms with E-state index in [1.165, 1.54) is 12.1 Å². The summed E-state index contributed by atoms with van der Waals surface area (Å²) in [5.74, 6) is 0.435. The Kier molecular flexibility index (Phi) is 9.45. The number of hydrogen-bond acceptors (Lipinski definition) is 5. The number of carbonyl (C=O) groups is 1. The zero-order valence-electron chi connectivity index (χ0n) is 17.0. The molecule has 10 heteroatoms. The van der Waals surface area contributed by atoms with E-state index >= 15 is 0 Å². The van der Waals surface area contributed by atoms with Gasteiger partial charge >= 0.3 is 0 Å². The second-order valence-corrected chi connectivity index (χ2v) is 10.1. The first-order valence-corrected chi connectivity index (χ1v) is 12.3. The molecule has 1 heterocycles. The van der Waals surface area contributed by atoms with Crippen LogP contribution in [0, 0.1) is 0 Å². The lowest BCUT2D eigenvalue weighted by molar-refractivity contribution is 0.0905. The highest BCUT2D eigenvalue weighted by Gasteiger charge is 2.21. The van der Waals surface area contributed by atoms with Gasteiger partial charge < -0.3 is 15.0 Å². The second-order valence-electron chi connectivity index (χ2n) is 7.29. The fourth-order valence-electron chi connectivity index (χ4n) is 3.29. The molecule has 0 bridgehead atoms. The number of likely N-dealkylation sites (tertiary alicyclic amines) is 1. The summed E-state index contributed by atoms with van der Waals surface area (Å²) in [4.78, 5) is 14.7. The molecule has 0 spiro atoms. The van der Waals surface area contributed by atoms with Crippen LogP contribution in [-0.2, 0) is 9.84 Å². The lowest BCUT2D eigenvalue weighted by Gasteiger charge is -2.32. The zero-order valence-corrected chi connectivity index (χ0v) is 20.2. The summed E-state index contributed by atoms with van der Waals surface area (Å²) >= 11 is 12.0. The van der Waals surface area contributed by atoms with Gasteiger partial charge in [-0.15, -0.1) is 12.4 Å². The monoisotopic (exact) mass is 506 g/mol. The van der Waals surface area contributed by atoms with Crippen molar-refractivity contribution in [2.24, 2.45) is 0 Å². The molecular weight excluding hydrogens is 483 g/mol. The number of benzene rings is 2. The van der Waals surface area contributed by atoms with Crippen LogP contribution in [0.2, 0.25) is 10.0 Å². The molecule has 1 N–H and O–H groups in total. The molecule has 0 atom stereocenters. The first kappa shape index (κ1) is 25.7. The van der Waals surface area contributed by atoms with Gasteiger partial charge in [0, 0.05) is 44.1 Å². The van der Waals surface area contributed by atoms with Gasteiger partial charge in [0.1, 0.15) is 11.9 Å². The van der Waals surface area contributed by atoms with E-state index in [2.05, 4.69) is 10.2 Å². The Labute approximate surface area is 199 Å². The molecule has 0 aliphatic carbocycles. The van der Waals surface area contributed by atoms with Crippen molar-refractivity contribution < 1.29 is 17.9 Å². The molecule has 1 saturated heterocycles. The van der Waals surface area contributed by atoms with Gasteiger partial charge in [-0.1, -0.05) is 29.3 Å². The third kappa shape index (κ3) is 7.54. The topological polar surface area (TPSA) is 75.7 Å². The highest BCUT2D eigenvalue weighted by atomic mass is 35.5. The fraction of sp³-hybridized carbons (Fsp3) is 0.381. The average Bonchev–Trinajstić information content (AvgIpc) is 2.71. The van der Waals surface area contributed by atoms with Gasteiger partial charge in [-0.05, 0) is 43.2 Å². The van der Waals surface area contributed by atoms with E-state index in [9.17, 15) is 13.2 Å². The van der Waals surface area contributed by atoms with E-state index in [-0.39, 0.29) is 29.3 Å². The molecule has 1 aliphatic heterocycles. The Morgan fingerprint density at radius 3 is 2.48 bits per heavy atom. The van der Waals surface area contributed by atoms with Crippen molar-refractivity contribution in [3.63, 3.8) is 0 Å². The van der Waals surface area contributed by atoms with Gasteiger partial charge in [-0.2, -0.15) is 0 Å². The minimum Gasteiger partial charge on any atom is -0.490 e. The molecular formula is C21H25Cl3N2O4S.